The summed E-state index contributed by atoms with van der Waals surface area (Å²) in [5.74, 6) is 0.643. The fraction of sp³-hybridized carbons (Fsp3) is 0.429. The SMILES string of the molecule is Cl.O=C(CC1CCNCC1)Nc1ccc2ncsc2c1. The van der Waals surface area contributed by atoms with Crippen LogP contribution in [0.3, 0.4) is 0 Å². The number of thiazole rings is 1. The van der Waals surface area contributed by atoms with Crippen LogP contribution in [0.4, 0.5) is 5.69 Å². The van der Waals surface area contributed by atoms with Crippen LogP contribution in [-0.2, 0) is 4.79 Å². The molecule has 1 saturated heterocycles. The molecule has 4 nitrogen and oxygen atoms in total. The summed E-state index contributed by atoms with van der Waals surface area (Å²) in [6, 6.07) is 5.86. The minimum absolute atomic E-state index is 0. The van der Waals surface area contributed by atoms with Gasteiger partial charge in [-0.15, -0.1) is 23.7 Å². The van der Waals surface area contributed by atoms with E-state index in [0.717, 1.165) is 41.8 Å². The van der Waals surface area contributed by atoms with Crippen molar-refractivity contribution in [2.24, 2.45) is 5.92 Å². The molecule has 6 heteroatoms. The molecule has 1 fully saturated rings. The first-order valence-corrected chi connectivity index (χ1v) is 7.53. The second-order valence-electron chi connectivity index (χ2n) is 4.98. The molecule has 0 unspecified atom stereocenters. The van der Waals surface area contributed by atoms with E-state index in [0.29, 0.717) is 12.3 Å². The van der Waals surface area contributed by atoms with Gasteiger partial charge in [0.25, 0.3) is 0 Å². The van der Waals surface area contributed by atoms with Crippen molar-refractivity contribution >= 4 is 45.6 Å². The van der Waals surface area contributed by atoms with Crippen molar-refractivity contribution in [2.75, 3.05) is 18.4 Å². The van der Waals surface area contributed by atoms with E-state index in [2.05, 4.69) is 15.6 Å². The van der Waals surface area contributed by atoms with Crippen molar-refractivity contribution in [3.63, 3.8) is 0 Å². The smallest absolute Gasteiger partial charge is 0.224 e. The first-order chi connectivity index (χ1) is 9.31. The summed E-state index contributed by atoms with van der Waals surface area (Å²) in [7, 11) is 0. The van der Waals surface area contributed by atoms with Crippen LogP contribution < -0.4 is 10.6 Å². The maximum atomic E-state index is 12.0. The van der Waals surface area contributed by atoms with Crippen LogP contribution in [0.2, 0.25) is 0 Å². The van der Waals surface area contributed by atoms with E-state index in [1.54, 1.807) is 11.3 Å². The Kier molecular flexibility index (Phi) is 5.34. The Balaban J connectivity index is 0.00000147. The highest BCUT2D eigenvalue weighted by Gasteiger charge is 2.16. The quantitative estimate of drug-likeness (QED) is 0.916. The molecule has 0 bridgehead atoms. The average molecular weight is 312 g/mol. The van der Waals surface area contributed by atoms with Crippen molar-refractivity contribution in [1.82, 2.24) is 10.3 Å². The van der Waals surface area contributed by atoms with E-state index in [1.807, 2.05) is 23.7 Å². The largest absolute Gasteiger partial charge is 0.326 e. The highest BCUT2D eigenvalue weighted by molar-refractivity contribution is 7.16. The molecule has 0 aliphatic carbocycles. The Morgan fingerprint density at radius 2 is 2.20 bits per heavy atom. The minimum atomic E-state index is 0. The van der Waals surface area contributed by atoms with Gasteiger partial charge < -0.3 is 10.6 Å². The number of hydrogen-bond acceptors (Lipinski definition) is 4. The van der Waals surface area contributed by atoms with E-state index >= 15 is 0 Å². The molecule has 20 heavy (non-hydrogen) atoms. The second kappa shape index (κ2) is 7.02. The lowest BCUT2D eigenvalue weighted by Gasteiger charge is -2.21. The van der Waals surface area contributed by atoms with Gasteiger partial charge in [0.05, 0.1) is 15.7 Å². The fourth-order valence-corrected chi connectivity index (χ4v) is 3.21. The van der Waals surface area contributed by atoms with Crippen LogP contribution in [0.25, 0.3) is 10.2 Å². The van der Waals surface area contributed by atoms with Gasteiger partial charge in [0.1, 0.15) is 0 Å². The Hall–Kier alpha value is -1.17. The Bertz CT molecular complexity index is 581. The van der Waals surface area contributed by atoms with Gasteiger partial charge in [-0.25, -0.2) is 4.98 Å². The van der Waals surface area contributed by atoms with Gasteiger partial charge in [0, 0.05) is 12.1 Å². The molecule has 0 spiro atoms. The molecule has 1 aromatic heterocycles. The van der Waals surface area contributed by atoms with Crippen LogP contribution in [0.5, 0.6) is 0 Å². The molecule has 1 aliphatic heterocycles. The summed E-state index contributed by atoms with van der Waals surface area (Å²) < 4.78 is 1.11. The molecule has 1 aromatic carbocycles. The maximum absolute atomic E-state index is 12.0. The number of hydrogen-bond donors (Lipinski definition) is 2. The summed E-state index contributed by atoms with van der Waals surface area (Å²) >= 11 is 1.59. The molecule has 1 aliphatic rings. The predicted molar refractivity (Wildman–Crippen MR) is 85.7 cm³/mol. The molecular formula is C14H18ClN3OS. The Morgan fingerprint density at radius 1 is 1.40 bits per heavy atom. The second-order valence-corrected chi connectivity index (χ2v) is 5.87. The van der Waals surface area contributed by atoms with Gasteiger partial charge in [0.15, 0.2) is 0 Å². The van der Waals surface area contributed by atoms with E-state index in [9.17, 15) is 4.79 Å². The van der Waals surface area contributed by atoms with Crippen LogP contribution in [0.15, 0.2) is 23.7 Å². The first kappa shape index (κ1) is 15.2. The fourth-order valence-electron chi connectivity index (χ4n) is 2.49. The van der Waals surface area contributed by atoms with Crippen molar-refractivity contribution in [3.05, 3.63) is 23.7 Å². The van der Waals surface area contributed by atoms with Crippen LogP contribution in [0, 0.1) is 5.92 Å². The molecule has 0 atom stereocenters. The first-order valence-electron chi connectivity index (χ1n) is 6.65. The number of benzene rings is 1. The van der Waals surface area contributed by atoms with Crippen molar-refractivity contribution in [1.29, 1.82) is 0 Å². The molecular weight excluding hydrogens is 294 g/mol. The molecule has 2 N–H and O–H groups in total. The molecule has 1 amide bonds. The van der Waals surface area contributed by atoms with Gasteiger partial charge in [-0.3, -0.25) is 4.79 Å². The number of amides is 1. The van der Waals surface area contributed by atoms with Gasteiger partial charge in [-0.2, -0.15) is 0 Å². The van der Waals surface area contributed by atoms with Gasteiger partial charge in [-0.1, -0.05) is 0 Å². The van der Waals surface area contributed by atoms with E-state index in [1.165, 1.54) is 0 Å². The zero-order valence-electron chi connectivity index (χ0n) is 11.1. The van der Waals surface area contributed by atoms with Gasteiger partial charge in [0.2, 0.25) is 5.91 Å². The number of fused-ring (bicyclic) bond motifs is 1. The molecule has 2 heterocycles. The Morgan fingerprint density at radius 3 is 3.00 bits per heavy atom. The highest BCUT2D eigenvalue weighted by Crippen LogP contribution is 2.23. The number of nitrogens with zero attached hydrogens (tertiary/aromatic N) is 1. The third-order valence-corrected chi connectivity index (χ3v) is 4.34. The van der Waals surface area contributed by atoms with Crippen molar-refractivity contribution in [2.45, 2.75) is 19.3 Å². The number of anilines is 1. The van der Waals surface area contributed by atoms with E-state index in [-0.39, 0.29) is 18.3 Å². The Labute approximate surface area is 128 Å². The molecule has 0 saturated carbocycles. The number of rotatable bonds is 3. The third kappa shape index (κ3) is 3.69. The minimum Gasteiger partial charge on any atom is -0.326 e. The maximum Gasteiger partial charge on any atom is 0.224 e. The van der Waals surface area contributed by atoms with Crippen molar-refractivity contribution < 1.29 is 4.79 Å². The standard InChI is InChI=1S/C14H17N3OS.ClH/c18-14(7-10-3-5-15-6-4-10)17-11-1-2-12-13(8-11)19-9-16-12;/h1-2,8-10,15H,3-7H2,(H,17,18);1H. The molecule has 2 aromatic rings. The summed E-state index contributed by atoms with van der Waals surface area (Å²) in [6.45, 7) is 2.07. The lowest BCUT2D eigenvalue weighted by molar-refractivity contribution is -0.117. The molecule has 3 rings (SSSR count). The lowest BCUT2D eigenvalue weighted by atomic mass is 9.94. The topological polar surface area (TPSA) is 54.0 Å². The molecule has 108 valence electrons. The van der Waals surface area contributed by atoms with Crippen LogP contribution >= 0.6 is 23.7 Å². The number of carbonyl (C=O) groups is 1. The number of piperidine rings is 1. The number of aromatic nitrogens is 1. The van der Waals surface area contributed by atoms with Crippen LogP contribution in [0.1, 0.15) is 19.3 Å². The summed E-state index contributed by atoms with van der Waals surface area (Å²) in [4.78, 5) is 16.2. The number of nitrogens with one attached hydrogen (secondary N) is 2. The zero-order valence-corrected chi connectivity index (χ0v) is 12.7. The van der Waals surface area contributed by atoms with E-state index < -0.39 is 0 Å². The predicted octanol–water partition coefficient (Wildman–Crippen LogP) is 3.05. The number of carbonyl (C=O) groups excluding carboxylic acids is 1. The third-order valence-electron chi connectivity index (χ3n) is 3.55. The lowest BCUT2D eigenvalue weighted by Crippen LogP contribution is -2.30. The van der Waals surface area contributed by atoms with Crippen molar-refractivity contribution in [3.8, 4) is 0 Å². The number of halogens is 1. The van der Waals surface area contributed by atoms with E-state index in [4.69, 9.17) is 0 Å². The van der Waals surface area contributed by atoms with Gasteiger partial charge >= 0.3 is 0 Å². The zero-order chi connectivity index (χ0) is 13.1. The summed E-state index contributed by atoms with van der Waals surface area (Å²) in [5, 5.41) is 6.31. The monoisotopic (exact) mass is 311 g/mol. The van der Waals surface area contributed by atoms with Gasteiger partial charge in [-0.05, 0) is 50.0 Å². The summed E-state index contributed by atoms with van der Waals surface area (Å²) in [5.41, 5.74) is 3.68. The average Bonchev–Trinajstić information content (AvgIpc) is 2.87. The highest BCUT2D eigenvalue weighted by atomic mass is 35.5. The normalized spacial score (nSPS) is 15.8. The van der Waals surface area contributed by atoms with Crippen LogP contribution in [-0.4, -0.2) is 24.0 Å². The molecule has 0 radical (unpaired) electrons. The summed E-state index contributed by atoms with van der Waals surface area (Å²) in [6.07, 6.45) is 2.82.